The molecule has 0 aliphatic heterocycles. The Morgan fingerprint density at radius 2 is 2.14 bits per heavy atom. The van der Waals surface area contributed by atoms with Gasteiger partial charge in [-0.15, -0.1) is 0 Å². The van der Waals surface area contributed by atoms with Crippen molar-refractivity contribution in [2.45, 2.75) is 32.2 Å². The summed E-state index contributed by atoms with van der Waals surface area (Å²) in [5, 5.41) is 2.92. The van der Waals surface area contributed by atoms with Gasteiger partial charge in [-0.1, -0.05) is 12.2 Å². The Bertz CT molecular complexity index is 530. The quantitative estimate of drug-likeness (QED) is 0.716. The lowest BCUT2D eigenvalue weighted by molar-refractivity contribution is -0.121. The molecule has 114 valence electrons. The van der Waals surface area contributed by atoms with E-state index in [-0.39, 0.29) is 5.91 Å². The van der Waals surface area contributed by atoms with Crippen molar-refractivity contribution >= 4 is 23.1 Å². The van der Waals surface area contributed by atoms with Crippen LogP contribution in [0.5, 0.6) is 11.5 Å². The van der Waals surface area contributed by atoms with Crippen molar-refractivity contribution < 1.29 is 14.3 Å². The van der Waals surface area contributed by atoms with Gasteiger partial charge in [0.2, 0.25) is 5.91 Å². The van der Waals surface area contributed by atoms with Crippen LogP contribution in [0.3, 0.4) is 0 Å². The second-order valence-corrected chi connectivity index (χ2v) is 5.34. The number of hydrogen-bond donors (Lipinski definition) is 2. The third-order valence-electron chi connectivity index (χ3n) is 3.06. The van der Waals surface area contributed by atoms with E-state index in [1.165, 1.54) is 0 Å². The van der Waals surface area contributed by atoms with Crippen LogP contribution < -0.4 is 20.5 Å². The summed E-state index contributed by atoms with van der Waals surface area (Å²) in [7, 11) is 0. The number of carbonyl (C=O) groups is 1. The Morgan fingerprint density at radius 3 is 2.76 bits per heavy atom. The van der Waals surface area contributed by atoms with Crippen LogP contribution in [0, 0.1) is 0 Å². The molecular formula is C15H20N2O3S. The maximum absolute atomic E-state index is 11.6. The molecule has 1 aliphatic carbocycles. The van der Waals surface area contributed by atoms with Gasteiger partial charge in [-0.05, 0) is 38.0 Å². The Balaban J connectivity index is 1.91. The van der Waals surface area contributed by atoms with E-state index in [1.54, 1.807) is 18.2 Å². The van der Waals surface area contributed by atoms with Gasteiger partial charge in [-0.25, -0.2) is 0 Å². The average molecular weight is 308 g/mol. The summed E-state index contributed by atoms with van der Waals surface area (Å²) >= 11 is 4.95. The van der Waals surface area contributed by atoms with E-state index in [0.717, 1.165) is 18.4 Å². The van der Waals surface area contributed by atoms with Crippen LogP contribution >= 0.6 is 12.2 Å². The van der Waals surface area contributed by atoms with E-state index in [4.69, 9.17) is 27.4 Å². The summed E-state index contributed by atoms with van der Waals surface area (Å²) in [6.45, 7) is 2.71. The summed E-state index contributed by atoms with van der Waals surface area (Å²) in [5.74, 6) is 1.21. The van der Waals surface area contributed by atoms with Crippen LogP contribution in [0.4, 0.5) is 0 Å². The summed E-state index contributed by atoms with van der Waals surface area (Å²) in [5.41, 5.74) is 6.33. The minimum absolute atomic E-state index is 0.0233. The maximum Gasteiger partial charge on any atom is 0.223 e. The number of thiocarbonyl (C=S) groups is 1. The lowest BCUT2D eigenvalue weighted by Gasteiger charge is -2.13. The van der Waals surface area contributed by atoms with Crippen LogP contribution in [0.2, 0.25) is 0 Å². The smallest absolute Gasteiger partial charge is 0.223 e. The summed E-state index contributed by atoms with van der Waals surface area (Å²) < 4.78 is 11.1. The van der Waals surface area contributed by atoms with Crippen molar-refractivity contribution in [3.8, 4) is 11.5 Å². The van der Waals surface area contributed by atoms with Crippen molar-refractivity contribution in [1.29, 1.82) is 0 Å². The van der Waals surface area contributed by atoms with Crippen LogP contribution in [0.1, 0.15) is 31.7 Å². The van der Waals surface area contributed by atoms with Crippen LogP contribution in [0.25, 0.3) is 0 Å². The van der Waals surface area contributed by atoms with Gasteiger partial charge >= 0.3 is 0 Å². The fourth-order valence-electron chi connectivity index (χ4n) is 1.83. The number of amides is 1. The molecule has 1 aromatic carbocycles. The molecule has 5 nitrogen and oxygen atoms in total. The number of carbonyl (C=O) groups excluding carboxylic acids is 1. The number of ether oxygens (including phenoxy) is 2. The molecule has 1 saturated carbocycles. The first-order valence-corrected chi connectivity index (χ1v) is 7.49. The van der Waals surface area contributed by atoms with Gasteiger partial charge in [0.1, 0.15) is 4.99 Å². The molecule has 0 atom stereocenters. The van der Waals surface area contributed by atoms with E-state index in [9.17, 15) is 4.79 Å². The van der Waals surface area contributed by atoms with E-state index in [2.05, 4.69) is 5.32 Å². The highest BCUT2D eigenvalue weighted by molar-refractivity contribution is 7.80. The molecule has 0 saturated heterocycles. The lowest BCUT2D eigenvalue weighted by Crippen LogP contribution is -2.26. The molecule has 6 heteroatoms. The van der Waals surface area contributed by atoms with E-state index >= 15 is 0 Å². The topological polar surface area (TPSA) is 73.6 Å². The van der Waals surface area contributed by atoms with Crippen molar-refractivity contribution in [2.24, 2.45) is 5.73 Å². The van der Waals surface area contributed by atoms with Gasteiger partial charge in [-0.3, -0.25) is 4.79 Å². The Morgan fingerprint density at radius 1 is 1.38 bits per heavy atom. The third kappa shape index (κ3) is 4.90. The predicted molar refractivity (Wildman–Crippen MR) is 84.8 cm³/mol. The van der Waals surface area contributed by atoms with Crippen LogP contribution in [-0.2, 0) is 4.79 Å². The van der Waals surface area contributed by atoms with Crippen molar-refractivity contribution in [1.82, 2.24) is 5.32 Å². The van der Waals surface area contributed by atoms with Gasteiger partial charge in [0.15, 0.2) is 11.5 Å². The number of hydrogen-bond acceptors (Lipinski definition) is 4. The molecule has 1 aliphatic rings. The van der Waals surface area contributed by atoms with E-state index < -0.39 is 0 Å². The first kappa shape index (κ1) is 15.6. The highest BCUT2D eigenvalue weighted by Gasteiger charge is 2.22. The molecule has 1 aromatic rings. The molecule has 0 heterocycles. The fourth-order valence-corrected chi connectivity index (χ4v) is 1.96. The molecule has 2 rings (SSSR count). The molecule has 21 heavy (non-hydrogen) atoms. The largest absolute Gasteiger partial charge is 0.490 e. The summed E-state index contributed by atoms with van der Waals surface area (Å²) in [6, 6.07) is 5.68. The molecule has 0 bridgehead atoms. The standard InChI is InChI=1S/C15H20N2O3S/c1-2-19-13-9-10(15(16)21)3-6-12(13)20-8-7-14(18)17-11-4-5-11/h3,6,9,11H,2,4-5,7-8H2,1H3,(H2,16,21)(H,17,18). The SMILES string of the molecule is CCOc1cc(C(N)=S)ccc1OCCC(=O)NC1CC1. The van der Waals surface area contributed by atoms with Crippen molar-refractivity contribution in [3.05, 3.63) is 23.8 Å². The second kappa shape index (κ2) is 7.26. The Labute approximate surface area is 129 Å². The van der Waals surface area contributed by atoms with E-state index in [1.807, 2.05) is 6.92 Å². The van der Waals surface area contributed by atoms with Gasteiger partial charge in [0.05, 0.1) is 19.6 Å². The van der Waals surface area contributed by atoms with Gasteiger partial charge in [0, 0.05) is 11.6 Å². The molecule has 0 unspecified atom stereocenters. The molecule has 1 amide bonds. The van der Waals surface area contributed by atoms with Crippen molar-refractivity contribution in [3.63, 3.8) is 0 Å². The van der Waals surface area contributed by atoms with Crippen LogP contribution in [-0.4, -0.2) is 30.2 Å². The Kier molecular flexibility index (Phi) is 5.38. The molecule has 0 spiro atoms. The zero-order valence-electron chi connectivity index (χ0n) is 12.1. The van der Waals surface area contributed by atoms with Crippen molar-refractivity contribution in [2.75, 3.05) is 13.2 Å². The number of benzene rings is 1. The third-order valence-corrected chi connectivity index (χ3v) is 3.29. The van der Waals surface area contributed by atoms with Gasteiger partial charge in [0.25, 0.3) is 0 Å². The molecule has 3 N–H and O–H groups in total. The van der Waals surface area contributed by atoms with Gasteiger partial charge < -0.3 is 20.5 Å². The number of rotatable bonds is 8. The molecule has 0 radical (unpaired) electrons. The Hall–Kier alpha value is -1.82. The molecule has 1 fully saturated rings. The number of nitrogens with one attached hydrogen (secondary N) is 1. The fraction of sp³-hybridized carbons (Fsp3) is 0.467. The maximum atomic E-state index is 11.6. The minimum atomic E-state index is 0.0233. The molecular weight excluding hydrogens is 288 g/mol. The average Bonchev–Trinajstić information content (AvgIpc) is 3.24. The monoisotopic (exact) mass is 308 g/mol. The highest BCUT2D eigenvalue weighted by Crippen LogP contribution is 2.28. The van der Waals surface area contributed by atoms with E-state index in [0.29, 0.717) is 42.2 Å². The van der Waals surface area contributed by atoms with Gasteiger partial charge in [-0.2, -0.15) is 0 Å². The second-order valence-electron chi connectivity index (χ2n) is 4.90. The first-order chi connectivity index (χ1) is 10.1. The molecule has 0 aromatic heterocycles. The lowest BCUT2D eigenvalue weighted by atomic mass is 10.2. The highest BCUT2D eigenvalue weighted by atomic mass is 32.1. The first-order valence-electron chi connectivity index (χ1n) is 7.09. The zero-order chi connectivity index (χ0) is 15.2. The zero-order valence-corrected chi connectivity index (χ0v) is 12.9. The minimum Gasteiger partial charge on any atom is -0.490 e. The number of nitrogens with two attached hydrogens (primary N) is 1. The predicted octanol–water partition coefficient (Wildman–Crippen LogP) is 1.77. The summed E-state index contributed by atoms with van der Waals surface area (Å²) in [4.78, 5) is 11.9. The van der Waals surface area contributed by atoms with Crippen LogP contribution in [0.15, 0.2) is 18.2 Å². The normalized spacial score (nSPS) is 13.6. The summed E-state index contributed by atoms with van der Waals surface area (Å²) in [6.07, 6.45) is 2.50.